The Morgan fingerprint density at radius 2 is 2.18 bits per heavy atom. The molecule has 0 radical (unpaired) electrons. The van der Waals surface area contributed by atoms with E-state index in [0.717, 1.165) is 0 Å². The highest BCUT2D eigenvalue weighted by atomic mass is 16.2. The van der Waals surface area contributed by atoms with E-state index in [2.05, 4.69) is 11.2 Å². The summed E-state index contributed by atoms with van der Waals surface area (Å²) in [6, 6.07) is 0. The molecule has 0 bridgehead atoms. The number of hydrogen-bond donors (Lipinski definition) is 1. The number of ketones is 1. The summed E-state index contributed by atoms with van der Waals surface area (Å²) in [6.07, 6.45) is 5.64. The van der Waals surface area contributed by atoms with E-state index in [1.807, 2.05) is 0 Å². The van der Waals surface area contributed by atoms with Crippen molar-refractivity contribution in [1.29, 1.82) is 0 Å². The van der Waals surface area contributed by atoms with Gasteiger partial charge >= 0.3 is 0 Å². The van der Waals surface area contributed by atoms with Gasteiger partial charge in [0, 0.05) is 19.4 Å². The predicted octanol–water partition coefficient (Wildman–Crippen LogP) is 0.105. The molecule has 0 aromatic rings. The number of amides is 1. The van der Waals surface area contributed by atoms with Gasteiger partial charge in [-0.1, -0.05) is 6.92 Å². The SMILES string of the molecule is C#CCCNC(=O)C(=O)CC. The fourth-order valence-corrected chi connectivity index (χ4v) is 0.507. The fraction of sp³-hybridized carbons (Fsp3) is 0.500. The summed E-state index contributed by atoms with van der Waals surface area (Å²) in [4.78, 5) is 21.4. The molecule has 1 amide bonds. The van der Waals surface area contributed by atoms with E-state index in [4.69, 9.17) is 6.42 Å². The lowest BCUT2D eigenvalue weighted by Crippen LogP contribution is -2.30. The standard InChI is InChI=1S/C8H11NO2/c1-3-5-6-9-8(11)7(10)4-2/h1H,4-6H2,2H3,(H,9,11). The molecule has 0 heterocycles. The summed E-state index contributed by atoms with van der Waals surface area (Å²) >= 11 is 0. The molecule has 0 unspecified atom stereocenters. The Morgan fingerprint density at radius 1 is 1.55 bits per heavy atom. The van der Waals surface area contributed by atoms with Crippen molar-refractivity contribution in [1.82, 2.24) is 5.32 Å². The van der Waals surface area contributed by atoms with Gasteiger partial charge in [-0.25, -0.2) is 0 Å². The molecule has 0 spiro atoms. The van der Waals surface area contributed by atoms with Crippen LogP contribution in [0, 0.1) is 12.3 Å². The zero-order chi connectivity index (χ0) is 8.69. The van der Waals surface area contributed by atoms with Crippen LogP contribution in [0.4, 0.5) is 0 Å². The van der Waals surface area contributed by atoms with E-state index in [0.29, 0.717) is 13.0 Å². The summed E-state index contributed by atoms with van der Waals surface area (Å²) in [5.74, 6) is 1.41. The Morgan fingerprint density at radius 3 is 2.64 bits per heavy atom. The average molecular weight is 153 g/mol. The number of carbonyl (C=O) groups is 2. The van der Waals surface area contributed by atoms with Crippen molar-refractivity contribution >= 4 is 11.7 Å². The van der Waals surface area contributed by atoms with Crippen LogP contribution < -0.4 is 5.32 Å². The minimum atomic E-state index is -0.539. The molecule has 0 aliphatic heterocycles. The second-order valence-electron chi connectivity index (χ2n) is 1.99. The zero-order valence-corrected chi connectivity index (χ0v) is 6.52. The van der Waals surface area contributed by atoms with Gasteiger partial charge in [0.05, 0.1) is 0 Å². The molecule has 0 aliphatic rings. The molecule has 0 atom stereocenters. The first-order chi connectivity index (χ1) is 5.22. The van der Waals surface area contributed by atoms with Crippen molar-refractivity contribution in [3.05, 3.63) is 0 Å². The molecule has 0 saturated carbocycles. The highest BCUT2D eigenvalue weighted by Gasteiger charge is 2.08. The minimum Gasteiger partial charge on any atom is -0.349 e. The first-order valence-electron chi connectivity index (χ1n) is 3.46. The molecule has 0 saturated heterocycles. The van der Waals surface area contributed by atoms with Crippen molar-refractivity contribution in [3.8, 4) is 12.3 Å². The quantitative estimate of drug-likeness (QED) is 0.354. The topological polar surface area (TPSA) is 46.2 Å². The van der Waals surface area contributed by atoms with E-state index in [-0.39, 0.29) is 6.42 Å². The Bertz CT molecular complexity index is 191. The third-order valence-electron chi connectivity index (χ3n) is 1.13. The van der Waals surface area contributed by atoms with Crippen LogP contribution in [0.5, 0.6) is 0 Å². The maximum Gasteiger partial charge on any atom is 0.287 e. The van der Waals surface area contributed by atoms with Gasteiger partial charge in [0.1, 0.15) is 0 Å². The molecule has 0 rings (SSSR count). The second kappa shape index (κ2) is 5.48. The zero-order valence-electron chi connectivity index (χ0n) is 6.52. The molecule has 0 aliphatic carbocycles. The van der Waals surface area contributed by atoms with Crippen LogP contribution in [0.3, 0.4) is 0 Å². The monoisotopic (exact) mass is 153 g/mol. The fourth-order valence-electron chi connectivity index (χ4n) is 0.507. The van der Waals surface area contributed by atoms with Crippen molar-refractivity contribution < 1.29 is 9.59 Å². The maximum atomic E-state index is 10.7. The molecule has 60 valence electrons. The van der Waals surface area contributed by atoms with Crippen LogP contribution in [0.15, 0.2) is 0 Å². The van der Waals surface area contributed by atoms with Gasteiger partial charge in [-0.05, 0) is 0 Å². The number of hydrogen-bond acceptors (Lipinski definition) is 2. The van der Waals surface area contributed by atoms with E-state index in [1.54, 1.807) is 6.92 Å². The maximum absolute atomic E-state index is 10.7. The number of carbonyl (C=O) groups excluding carboxylic acids is 2. The summed E-state index contributed by atoms with van der Waals surface area (Å²) in [7, 11) is 0. The van der Waals surface area contributed by atoms with E-state index < -0.39 is 11.7 Å². The van der Waals surface area contributed by atoms with Gasteiger partial charge in [0.25, 0.3) is 5.91 Å². The number of Topliss-reactive ketones (excluding diaryl/α,β-unsaturated/α-hetero) is 1. The predicted molar refractivity (Wildman–Crippen MR) is 41.8 cm³/mol. The number of rotatable bonds is 4. The van der Waals surface area contributed by atoms with Gasteiger partial charge in [-0.2, -0.15) is 0 Å². The highest BCUT2D eigenvalue weighted by molar-refractivity contribution is 6.36. The van der Waals surface area contributed by atoms with Gasteiger partial charge < -0.3 is 5.32 Å². The van der Waals surface area contributed by atoms with Gasteiger partial charge in [-0.3, -0.25) is 9.59 Å². The molecule has 0 aromatic heterocycles. The Labute approximate surface area is 66.2 Å². The Hall–Kier alpha value is -1.30. The number of nitrogens with one attached hydrogen (secondary N) is 1. The third kappa shape index (κ3) is 4.15. The third-order valence-corrected chi connectivity index (χ3v) is 1.13. The number of terminal acetylenes is 1. The summed E-state index contributed by atoms with van der Waals surface area (Å²) in [6.45, 7) is 2.02. The smallest absolute Gasteiger partial charge is 0.287 e. The molecule has 0 fully saturated rings. The van der Waals surface area contributed by atoms with Crippen LogP contribution in [-0.4, -0.2) is 18.2 Å². The van der Waals surface area contributed by atoms with Crippen molar-refractivity contribution in [2.45, 2.75) is 19.8 Å². The normalized spacial score (nSPS) is 8.36. The Kier molecular flexibility index (Phi) is 4.83. The van der Waals surface area contributed by atoms with Gasteiger partial charge in [-0.15, -0.1) is 12.3 Å². The average Bonchev–Trinajstić information content (AvgIpc) is 2.03. The molecule has 1 N–H and O–H groups in total. The van der Waals surface area contributed by atoms with Crippen molar-refractivity contribution in [2.24, 2.45) is 0 Å². The van der Waals surface area contributed by atoms with E-state index in [9.17, 15) is 9.59 Å². The second-order valence-corrected chi connectivity index (χ2v) is 1.99. The lowest BCUT2D eigenvalue weighted by molar-refractivity contribution is -0.137. The first kappa shape index (κ1) is 9.70. The highest BCUT2D eigenvalue weighted by Crippen LogP contribution is 1.80. The van der Waals surface area contributed by atoms with E-state index in [1.165, 1.54) is 0 Å². The van der Waals surface area contributed by atoms with Crippen molar-refractivity contribution in [3.63, 3.8) is 0 Å². The van der Waals surface area contributed by atoms with Gasteiger partial charge in [0.15, 0.2) is 0 Å². The largest absolute Gasteiger partial charge is 0.349 e. The summed E-state index contributed by atoms with van der Waals surface area (Å²) in [5, 5.41) is 2.40. The van der Waals surface area contributed by atoms with Crippen LogP contribution in [-0.2, 0) is 9.59 Å². The summed E-state index contributed by atoms with van der Waals surface area (Å²) < 4.78 is 0. The lowest BCUT2D eigenvalue weighted by atomic mass is 10.3. The van der Waals surface area contributed by atoms with E-state index >= 15 is 0 Å². The minimum absolute atomic E-state index is 0.238. The lowest BCUT2D eigenvalue weighted by Gasteiger charge is -1.98. The van der Waals surface area contributed by atoms with Crippen molar-refractivity contribution in [2.75, 3.05) is 6.54 Å². The first-order valence-corrected chi connectivity index (χ1v) is 3.46. The van der Waals surface area contributed by atoms with Crippen LogP contribution in [0.2, 0.25) is 0 Å². The van der Waals surface area contributed by atoms with Gasteiger partial charge in [0.2, 0.25) is 5.78 Å². The van der Waals surface area contributed by atoms with Crippen LogP contribution in [0.1, 0.15) is 19.8 Å². The Balaban J connectivity index is 3.54. The molecule has 3 nitrogen and oxygen atoms in total. The van der Waals surface area contributed by atoms with Crippen LogP contribution >= 0.6 is 0 Å². The molecular weight excluding hydrogens is 142 g/mol. The molecule has 3 heteroatoms. The summed E-state index contributed by atoms with van der Waals surface area (Å²) in [5.41, 5.74) is 0. The molecule has 11 heavy (non-hydrogen) atoms. The molecule has 0 aromatic carbocycles. The van der Waals surface area contributed by atoms with Crippen LogP contribution in [0.25, 0.3) is 0 Å². The molecular formula is C8H11NO2.